The standard InChI is InChI=1S/C25H34BrN3O4S/c1-3-4-8-11-27-23(32)21-25-12-17(26)20(34-25)18(19(25)24(33)29(21)15(2)14-30)22(31)28-13-16-9-6-5-7-10-16/h5-7,9-10,15,17-21,30H,3-4,8,11-14H2,1-2H3,(H,27,32)(H,28,31)/t15-,17?,18-,19+,20-,21?,25?/m1/s1. The summed E-state index contributed by atoms with van der Waals surface area (Å²) < 4.78 is -0.678. The Hall–Kier alpha value is -1.58. The average molecular weight is 553 g/mol. The lowest BCUT2D eigenvalue weighted by molar-refractivity contribution is -0.142. The first-order valence-corrected chi connectivity index (χ1v) is 14.0. The van der Waals surface area contributed by atoms with Gasteiger partial charge in [-0.15, -0.1) is 11.8 Å². The molecular formula is C25H34BrN3O4S. The number of aliphatic hydroxyl groups is 1. The molecule has 3 amide bonds. The third-order valence-corrected chi connectivity index (χ3v) is 10.6. The van der Waals surface area contributed by atoms with Crippen molar-refractivity contribution >= 4 is 45.4 Å². The summed E-state index contributed by atoms with van der Waals surface area (Å²) in [4.78, 5) is 42.3. The van der Waals surface area contributed by atoms with Crippen LogP contribution in [-0.4, -0.2) is 67.8 Å². The minimum absolute atomic E-state index is 0.0359. The van der Waals surface area contributed by atoms with Crippen LogP contribution in [0, 0.1) is 11.8 Å². The van der Waals surface area contributed by atoms with Gasteiger partial charge < -0.3 is 20.6 Å². The second-order valence-electron chi connectivity index (χ2n) is 9.64. The number of nitrogens with one attached hydrogen (secondary N) is 2. The van der Waals surface area contributed by atoms with Crippen molar-refractivity contribution in [2.75, 3.05) is 13.2 Å². The van der Waals surface area contributed by atoms with Crippen LogP contribution in [0.4, 0.5) is 0 Å². The molecule has 1 aromatic rings. The number of carbonyl (C=O) groups excluding carboxylic acids is 3. The zero-order valence-corrected chi connectivity index (χ0v) is 22.1. The topological polar surface area (TPSA) is 98.7 Å². The van der Waals surface area contributed by atoms with Gasteiger partial charge in [-0.25, -0.2) is 0 Å². The third kappa shape index (κ3) is 4.39. The third-order valence-electron chi connectivity index (χ3n) is 7.41. The van der Waals surface area contributed by atoms with Gasteiger partial charge in [0.2, 0.25) is 17.7 Å². The zero-order chi connectivity index (χ0) is 24.5. The summed E-state index contributed by atoms with van der Waals surface area (Å²) in [5.41, 5.74) is 0.995. The van der Waals surface area contributed by atoms with Gasteiger partial charge in [0.05, 0.1) is 29.2 Å². The molecule has 0 radical (unpaired) electrons. The van der Waals surface area contributed by atoms with Crippen LogP contribution in [0.1, 0.15) is 45.1 Å². The Labute approximate surface area is 213 Å². The van der Waals surface area contributed by atoms with Gasteiger partial charge in [0.15, 0.2) is 0 Å². The van der Waals surface area contributed by atoms with Crippen LogP contribution >= 0.6 is 27.7 Å². The minimum atomic E-state index is -0.698. The molecule has 2 bridgehead atoms. The molecule has 4 rings (SSSR count). The molecule has 3 saturated heterocycles. The predicted octanol–water partition coefficient (Wildman–Crippen LogP) is 2.45. The number of benzene rings is 1. The van der Waals surface area contributed by atoms with Crippen molar-refractivity contribution in [1.29, 1.82) is 0 Å². The minimum Gasteiger partial charge on any atom is -0.394 e. The highest BCUT2D eigenvalue weighted by molar-refractivity contribution is 9.09. The first-order chi connectivity index (χ1) is 16.4. The second kappa shape index (κ2) is 10.6. The van der Waals surface area contributed by atoms with Gasteiger partial charge in [-0.2, -0.15) is 0 Å². The summed E-state index contributed by atoms with van der Waals surface area (Å²) in [5, 5.41) is 15.9. The number of carbonyl (C=O) groups is 3. The van der Waals surface area contributed by atoms with E-state index in [0.717, 1.165) is 24.8 Å². The number of halogens is 1. The van der Waals surface area contributed by atoms with Gasteiger partial charge in [0.1, 0.15) is 6.04 Å². The van der Waals surface area contributed by atoms with Crippen LogP contribution in [0.15, 0.2) is 30.3 Å². The molecule has 3 N–H and O–H groups in total. The first kappa shape index (κ1) is 25.5. The molecule has 7 atom stereocenters. The molecule has 7 nitrogen and oxygen atoms in total. The molecule has 34 heavy (non-hydrogen) atoms. The number of hydrogen-bond acceptors (Lipinski definition) is 5. The van der Waals surface area contributed by atoms with E-state index < -0.39 is 28.7 Å². The molecule has 1 spiro atoms. The fraction of sp³-hybridized carbons (Fsp3) is 0.640. The number of amides is 3. The largest absolute Gasteiger partial charge is 0.394 e. The quantitative estimate of drug-likeness (QED) is 0.306. The van der Waals surface area contributed by atoms with Crippen molar-refractivity contribution in [2.24, 2.45) is 11.8 Å². The van der Waals surface area contributed by atoms with E-state index in [9.17, 15) is 19.5 Å². The van der Waals surface area contributed by atoms with Crippen molar-refractivity contribution in [3.63, 3.8) is 0 Å². The lowest BCUT2D eigenvalue weighted by atomic mass is 9.70. The molecule has 3 heterocycles. The molecule has 3 aliphatic rings. The highest BCUT2D eigenvalue weighted by Gasteiger charge is 2.75. The van der Waals surface area contributed by atoms with E-state index >= 15 is 0 Å². The highest BCUT2D eigenvalue weighted by atomic mass is 79.9. The maximum atomic E-state index is 13.8. The number of thioether (sulfide) groups is 1. The molecule has 0 aliphatic carbocycles. The summed E-state index contributed by atoms with van der Waals surface area (Å²) in [5.74, 6) is -1.61. The summed E-state index contributed by atoms with van der Waals surface area (Å²) in [7, 11) is 0. The molecule has 3 unspecified atom stereocenters. The Balaban J connectivity index is 1.60. The maximum Gasteiger partial charge on any atom is 0.244 e. The lowest BCUT2D eigenvalue weighted by Gasteiger charge is -2.36. The number of fused-ring (bicyclic) bond motifs is 1. The molecule has 0 saturated carbocycles. The molecule has 3 aliphatic heterocycles. The number of alkyl halides is 1. The predicted molar refractivity (Wildman–Crippen MR) is 136 cm³/mol. The van der Waals surface area contributed by atoms with Crippen LogP contribution in [0.5, 0.6) is 0 Å². The van der Waals surface area contributed by atoms with Crippen LogP contribution in [0.2, 0.25) is 0 Å². The Kier molecular flexibility index (Phi) is 7.94. The molecule has 0 aromatic heterocycles. The zero-order valence-electron chi connectivity index (χ0n) is 19.7. The number of nitrogens with zero attached hydrogens (tertiary/aromatic N) is 1. The summed E-state index contributed by atoms with van der Waals surface area (Å²) in [6, 6.07) is 8.49. The number of unbranched alkanes of at least 4 members (excludes halogenated alkanes) is 2. The van der Waals surface area contributed by atoms with E-state index in [1.54, 1.807) is 23.6 Å². The SMILES string of the molecule is CCCCCNC(=O)C1N([C@H](C)CO)C(=O)[C@@H]2[C@@H](C(=O)NCc3ccccc3)[C@@H]3SC12CC3Br. The van der Waals surface area contributed by atoms with E-state index in [4.69, 9.17) is 0 Å². The van der Waals surface area contributed by atoms with E-state index in [-0.39, 0.29) is 34.4 Å². The monoisotopic (exact) mass is 551 g/mol. The van der Waals surface area contributed by atoms with E-state index in [1.165, 1.54) is 0 Å². The van der Waals surface area contributed by atoms with Gasteiger partial charge in [-0.05, 0) is 25.3 Å². The van der Waals surface area contributed by atoms with Gasteiger partial charge >= 0.3 is 0 Å². The van der Waals surface area contributed by atoms with Gasteiger partial charge in [0, 0.05) is 23.2 Å². The van der Waals surface area contributed by atoms with Crippen LogP contribution in [-0.2, 0) is 20.9 Å². The Morgan fingerprint density at radius 1 is 1.24 bits per heavy atom. The van der Waals surface area contributed by atoms with Crippen molar-refractivity contribution in [2.45, 2.75) is 73.0 Å². The Bertz CT molecular complexity index is 919. The maximum absolute atomic E-state index is 13.8. The number of rotatable bonds is 10. The van der Waals surface area contributed by atoms with Crippen molar-refractivity contribution in [3.05, 3.63) is 35.9 Å². The molecule has 9 heteroatoms. The lowest BCUT2D eigenvalue weighted by Crippen LogP contribution is -2.56. The van der Waals surface area contributed by atoms with Crippen molar-refractivity contribution in [1.82, 2.24) is 15.5 Å². The summed E-state index contributed by atoms with van der Waals surface area (Å²) in [6.45, 7) is 4.60. The van der Waals surface area contributed by atoms with E-state index in [2.05, 4.69) is 33.5 Å². The fourth-order valence-corrected chi connectivity index (χ4v) is 9.41. The van der Waals surface area contributed by atoms with Crippen molar-refractivity contribution < 1.29 is 19.5 Å². The second-order valence-corrected chi connectivity index (χ2v) is 12.4. The fourth-order valence-electron chi connectivity index (χ4n) is 5.82. The van der Waals surface area contributed by atoms with Crippen LogP contribution in [0.25, 0.3) is 0 Å². The van der Waals surface area contributed by atoms with Crippen molar-refractivity contribution in [3.8, 4) is 0 Å². The highest BCUT2D eigenvalue weighted by Crippen LogP contribution is 2.67. The van der Waals surface area contributed by atoms with E-state index in [0.29, 0.717) is 19.5 Å². The van der Waals surface area contributed by atoms with Gasteiger partial charge in [0.25, 0.3) is 0 Å². The summed E-state index contributed by atoms with van der Waals surface area (Å²) >= 11 is 5.38. The number of likely N-dealkylation sites (tertiary alicyclic amines) is 1. The van der Waals surface area contributed by atoms with Crippen LogP contribution in [0.3, 0.4) is 0 Å². The Morgan fingerprint density at radius 3 is 2.65 bits per heavy atom. The number of hydrogen-bond donors (Lipinski definition) is 3. The van der Waals surface area contributed by atoms with Gasteiger partial charge in [-0.1, -0.05) is 66.0 Å². The van der Waals surface area contributed by atoms with Crippen LogP contribution < -0.4 is 10.6 Å². The molecule has 1 aromatic carbocycles. The molecule has 3 fully saturated rings. The smallest absolute Gasteiger partial charge is 0.244 e. The Morgan fingerprint density at radius 2 is 1.97 bits per heavy atom. The van der Waals surface area contributed by atoms with Gasteiger partial charge in [-0.3, -0.25) is 14.4 Å². The number of aliphatic hydroxyl groups excluding tert-OH is 1. The first-order valence-electron chi connectivity index (χ1n) is 12.2. The normalized spacial score (nSPS) is 32.5. The average Bonchev–Trinajstić information content (AvgIpc) is 3.43. The molecular weight excluding hydrogens is 518 g/mol. The summed E-state index contributed by atoms with van der Waals surface area (Å²) in [6.07, 6.45) is 3.61. The molecule has 186 valence electrons. The van der Waals surface area contributed by atoms with E-state index in [1.807, 2.05) is 30.3 Å².